The van der Waals surface area contributed by atoms with Crippen molar-refractivity contribution in [2.24, 2.45) is 0 Å². The van der Waals surface area contributed by atoms with Gasteiger partial charge in [-0.2, -0.15) is 0 Å². The molecule has 1 unspecified atom stereocenters. The van der Waals surface area contributed by atoms with E-state index in [9.17, 15) is 14.7 Å². The van der Waals surface area contributed by atoms with Gasteiger partial charge in [0.1, 0.15) is 6.61 Å². The third-order valence-corrected chi connectivity index (χ3v) is 13.3. The number of carbonyl (C=O) groups is 2. The van der Waals surface area contributed by atoms with Gasteiger partial charge in [0.05, 0.1) is 6.61 Å². The molecule has 0 fully saturated rings. The highest BCUT2D eigenvalue weighted by Gasteiger charge is 2.16. The SMILES string of the molecule is CC/C=C\C/C=C\C/C=C\C/C=C\C/C=C\C/C=C\C/C=C\C/C=C\C/C=C\CCCCCCCCCCCCCC(=O)OC(CO)COC(=O)CCCCC/C=C\C/C=C\C/C=C\C/C=C\C/C=C\C/C=C\C/C=C\C/C=C\C/C=C\CC. The minimum absolute atomic E-state index is 0.0990. The molecule has 0 aromatic carbocycles. The van der Waals surface area contributed by atoms with Gasteiger partial charge >= 0.3 is 11.9 Å². The van der Waals surface area contributed by atoms with Crippen LogP contribution < -0.4 is 0 Å². The molecule has 0 spiro atoms. The summed E-state index contributed by atoms with van der Waals surface area (Å²) in [6.45, 7) is 3.87. The zero-order chi connectivity index (χ0) is 60.5. The molecule has 0 aromatic heterocycles. The van der Waals surface area contributed by atoms with Crippen molar-refractivity contribution < 1.29 is 24.2 Å². The number of rotatable bonds is 58. The van der Waals surface area contributed by atoms with E-state index in [1.807, 2.05) is 0 Å². The number of hydrogen-bond donors (Lipinski definition) is 1. The van der Waals surface area contributed by atoms with Crippen LogP contribution in [0.5, 0.6) is 0 Å². The Labute approximate surface area is 516 Å². The quantitative estimate of drug-likeness (QED) is 0.0373. The van der Waals surface area contributed by atoms with Crippen LogP contribution in [0.25, 0.3) is 0 Å². The molecule has 0 heterocycles. The molecule has 0 saturated heterocycles. The molecule has 0 aliphatic rings. The number of aliphatic hydroxyl groups is 1. The minimum atomic E-state index is -0.807. The molecular weight excluding hydrogens is 1030 g/mol. The second-order valence-electron chi connectivity index (χ2n) is 21.1. The van der Waals surface area contributed by atoms with Crippen LogP contribution in [0.1, 0.15) is 245 Å². The maximum absolute atomic E-state index is 12.4. The van der Waals surface area contributed by atoms with Gasteiger partial charge in [-0.1, -0.05) is 297 Å². The van der Waals surface area contributed by atoms with Gasteiger partial charge in [0, 0.05) is 12.8 Å². The van der Waals surface area contributed by atoms with Crippen molar-refractivity contribution in [2.75, 3.05) is 13.2 Å². The van der Waals surface area contributed by atoms with E-state index in [4.69, 9.17) is 9.47 Å². The Morgan fingerprint density at radius 1 is 0.274 bits per heavy atom. The van der Waals surface area contributed by atoms with Crippen LogP contribution in [0, 0.1) is 0 Å². The van der Waals surface area contributed by atoms with Gasteiger partial charge < -0.3 is 14.6 Å². The molecule has 0 aliphatic carbocycles. The first-order chi connectivity index (χ1) is 41.6. The predicted octanol–water partition coefficient (Wildman–Crippen LogP) is 23.5. The van der Waals surface area contributed by atoms with E-state index in [0.29, 0.717) is 12.8 Å². The fourth-order valence-corrected chi connectivity index (χ4v) is 8.36. The lowest BCUT2D eigenvalue weighted by Gasteiger charge is -2.15. The molecule has 466 valence electrons. The molecule has 0 saturated carbocycles. The summed E-state index contributed by atoms with van der Waals surface area (Å²) in [7, 11) is 0. The normalized spacial score (nSPS) is 13.7. The van der Waals surface area contributed by atoms with Gasteiger partial charge in [-0.05, 0) is 154 Å². The van der Waals surface area contributed by atoms with E-state index in [1.165, 1.54) is 57.8 Å². The maximum Gasteiger partial charge on any atom is 0.306 e. The largest absolute Gasteiger partial charge is 0.462 e. The molecule has 0 bridgehead atoms. The first-order valence-electron chi connectivity index (χ1n) is 33.3. The third kappa shape index (κ3) is 68.7. The second-order valence-corrected chi connectivity index (χ2v) is 21.1. The van der Waals surface area contributed by atoms with E-state index in [1.54, 1.807) is 0 Å². The highest BCUT2D eigenvalue weighted by molar-refractivity contribution is 5.70. The van der Waals surface area contributed by atoms with Crippen LogP contribution in [0.3, 0.4) is 0 Å². The van der Waals surface area contributed by atoms with E-state index in [0.717, 1.165) is 161 Å². The molecule has 0 rings (SSSR count). The summed E-state index contributed by atoms with van der Waals surface area (Å²) >= 11 is 0. The third-order valence-electron chi connectivity index (χ3n) is 13.3. The Hall–Kier alpha value is -5.78. The van der Waals surface area contributed by atoms with E-state index in [-0.39, 0.29) is 25.2 Å². The van der Waals surface area contributed by atoms with Crippen LogP contribution in [0.4, 0.5) is 0 Å². The molecule has 1 N–H and O–H groups in total. The number of unbranched alkanes of at least 4 members (excludes halogenated alkanes) is 14. The van der Waals surface area contributed by atoms with Crippen molar-refractivity contribution in [1.29, 1.82) is 0 Å². The molecule has 0 aliphatic heterocycles. The van der Waals surface area contributed by atoms with Crippen molar-refractivity contribution >= 4 is 11.9 Å². The lowest BCUT2D eigenvalue weighted by molar-refractivity contribution is -0.161. The van der Waals surface area contributed by atoms with Crippen LogP contribution in [0.2, 0.25) is 0 Å². The molecular formula is C79H120O5. The number of hydrogen-bond acceptors (Lipinski definition) is 5. The topological polar surface area (TPSA) is 72.8 Å². The number of allylic oxidation sites excluding steroid dienone is 36. The Bertz CT molecular complexity index is 2030. The van der Waals surface area contributed by atoms with Crippen molar-refractivity contribution in [3.05, 3.63) is 219 Å². The van der Waals surface area contributed by atoms with Gasteiger partial charge in [-0.15, -0.1) is 0 Å². The number of carbonyl (C=O) groups excluding carboxylic acids is 2. The summed E-state index contributed by atoms with van der Waals surface area (Å²) in [4.78, 5) is 24.6. The van der Waals surface area contributed by atoms with Gasteiger partial charge in [-0.3, -0.25) is 9.59 Å². The lowest BCUT2D eigenvalue weighted by atomic mass is 10.0. The Morgan fingerprint density at radius 3 is 0.726 bits per heavy atom. The molecule has 5 nitrogen and oxygen atoms in total. The van der Waals surface area contributed by atoms with Gasteiger partial charge in [0.2, 0.25) is 0 Å². The Kier molecular flexibility index (Phi) is 66.6. The monoisotopic (exact) mass is 1150 g/mol. The summed E-state index contributed by atoms with van der Waals surface area (Å²) in [6, 6.07) is 0. The smallest absolute Gasteiger partial charge is 0.306 e. The molecule has 84 heavy (non-hydrogen) atoms. The fraction of sp³-hybridized carbons (Fsp3) is 0.519. The molecule has 1 atom stereocenters. The van der Waals surface area contributed by atoms with E-state index in [2.05, 4.69) is 233 Å². The summed E-state index contributed by atoms with van der Waals surface area (Å²) in [5.74, 6) is -0.648. The van der Waals surface area contributed by atoms with Crippen LogP contribution in [-0.2, 0) is 19.1 Å². The van der Waals surface area contributed by atoms with Crippen molar-refractivity contribution in [2.45, 2.75) is 251 Å². The number of esters is 2. The Morgan fingerprint density at radius 2 is 0.476 bits per heavy atom. The zero-order valence-electron chi connectivity index (χ0n) is 53.3. The van der Waals surface area contributed by atoms with Crippen LogP contribution in [0.15, 0.2) is 219 Å². The lowest BCUT2D eigenvalue weighted by Crippen LogP contribution is -2.28. The summed E-state index contributed by atoms with van der Waals surface area (Å²) < 4.78 is 10.7. The first kappa shape index (κ1) is 78.2. The highest BCUT2D eigenvalue weighted by atomic mass is 16.6. The van der Waals surface area contributed by atoms with Crippen LogP contribution in [-0.4, -0.2) is 36.4 Å². The van der Waals surface area contributed by atoms with Crippen molar-refractivity contribution in [1.82, 2.24) is 0 Å². The van der Waals surface area contributed by atoms with Gasteiger partial charge in [0.25, 0.3) is 0 Å². The second kappa shape index (κ2) is 71.5. The minimum Gasteiger partial charge on any atom is -0.462 e. The first-order valence-corrected chi connectivity index (χ1v) is 33.3. The van der Waals surface area contributed by atoms with Crippen molar-refractivity contribution in [3.63, 3.8) is 0 Å². The van der Waals surface area contributed by atoms with Crippen molar-refractivity contribution in [3.8, 4) is 0 Å². The standard InChI is InChI=1S/C79H120O5/c1-3-5-7-9-11-13-15-17-19-21-23-25-27-29-31-33-35-36-37-38-39-40-41-42-44-46-48-50-52-54-56-58-60-62-64-66-68-70-72-74-79(82)84-77(75-80)76-83-78(81)73-71-69-67-65-63-61-59-57-55-53-51-49-47-45-43-34-32-30-28-26-24-22-20-18-16-14-12-10-8-6-4-2/h5-8,11-14,17-20,23-26,29-32,35-36,38-39,41-43,45-46,48-49,51,55,57,61,63,77,80H,3-4,9-10,15-16,21-22,27-28,33-34,37,40,44,47,50,52-54,56,58-60,62,64-76H2,1-2H3/b7-5-,8-6-,13-11-,14-12-,19-17-,20-18-,25-23-,26-24-,31-29-,32-30-,36-35-,39-38-,42-41-,45-43-,48-46-,51-49-,57-55-,63-61-. The van der Waals surface area contributed by atoms with Crippen LogP contribution >= 0.6 is 0 Å². The highest BCUT2D eigenvalue weighted by Crippen LogP contribution is 2.14. The molecule has 5 heteroatoms. The Balaban J connectivity index is 3.65. The molecule has 0 aromatic rings. The van der Waals surface area contributed by atoms with Gasteiger partial charge in [-0.25, -0.2) is 0 Å². The van der Waals surface area contributed by atoms with Gasteiger partial charge in [0.15, 0.2) is 6.10 Å². The summed E-state index contributed by atoms with van der Waals surface area (Å²) in [5.41, 5.74) is 0. The summed E-state index contributed by atoms with van der Waals surface area (Å²) in [6.07, 6.45) is 116. The average Bonchev–Trinajstić information content (AvgIpc) is 3.51. The fourth-order valence-electron chi connectivity index (χ4n) is 8.36. The summed E-state index contributed by atoms with van der Waals surface area (Å²) in [5, 5.41) is 9.69. The van der Waals surface area contributed by atoms with E-state index >= 15 is 0 Å². The van der Waals surface area contributed by atoms with E-state index < -0.39 is 6.10 Å². The number of aliphatic hydroxyl groups excluding tert-OH is 1. The predicted molar refractivity (Wildman–Crippen MR) is 370 cm³/mol. The zero-order valence-corrected chi connectivity index (χ0v) is 53.3. The number of ether oxygens (including phenoxy) is 2. The maximum atomic E-state index is 12.4. The molecule has 0 amide bonds. The average molecular weight is 1150 g/mol. The molecule has 0 radical (unpaired) electrons.